The summed E-state index contributed by atoms with van der Waals surface area (Å²) in [5.41, 5.74) is 1.36. The number of nitrogens with zero attached hydrogens (tertiary/aromatic N) is 5. The SMILES string of the molecule is CN(Cc1ccccc1)c1nc2c(S(=O)(=O)c3ccccc3)nnn2c2sccc12. The average Bonchev–Trinajstić information content (AvgIpc) is 3.41. The molecular weight excluding hydrogens is 418 g/mol. The Hall–Kier alpha value is -3.30. The third-order valence-electron chi connectivity index (χ3n) is 4.84. The Kier molecular flexibility index (Phi) is 4.48. The topological polar surface area (TPSA) is 80.5 Å². The Morgan fingerprint density at radius 1 is 1.00 bits per heavy atom. The molecule has 30 heavy (non-hydrogen) atoms. The monoisotopic (exact) mass is 435 g/mol. The number of rotatable bonds is 5. The Bertz CT molecular complexity index is 1440. The summed E-state index contributed by atoms with van der Waals surface area (Å²) in [5, 5.41) is 10.8. The second-order valence-corrected chi connectivity index (χ2v) is 9.62. The number of fused-ring (bicyclic) bond motifs is 3. The lowest BCUT2D eigenvalue weighted by molar-refractivity contribution is 0.592. The van der Waals surface area contributed by atoms with Crippen molar-refractivity contribution in [2.24, 2.45) is 0 Å². The lowest BCUT2D eigenvalue weighted by Crippen LogP contribution is -2.18. The van der Waals surface area contributed by atoms with Crippen LogP contribution in [-0.4, -0.2) is 35.3 Å². The smallest absolute Gasteiger partial charge is 0.229 e. The van der Waals surface area contributed by atoms with Crippen molar-refractivity contribution in [1.82, 2.24) is 19.8 Å². The average molecular weight is 436 g/mol. The number of benzene rings is 2. The molecule has 0 bridgehead atoms. The predicted molar refractivity (Wildman–Crippen MR) is 117 cm³/mol. The minimum Gasteiger partial charge on any atom is -0.355 e. The molecule has 0 saturated carbocycles. The Labute approximate surface area is 177 Å². The van der Waals surface area contributed by atoms with Crippen LogP contribution in [0.1, 0.15) is 5.56 Å². The van der Waals surface area contributed by atoms with E-state index in [4.69, 9.17) is 4.98 Å². The van der Waals surface area contributed by atoms with Gasteiger partial charge >= 0.3 is 0 Å². The van der Waals surface area contributed by atoms with E-state index in [0.717, 1.165) is 15.8 Å². The zero-order valence-corrected chi connectivity index (χ0v) is 17.6. The largest absolute Gasteiger partial charge is 0.355 e. The van der Waals surface area contributed by atoms with E-state index in [2.05, 4.69) is 10.3 Å². The van der Waals surface area contributed by atoms with Gasteiger partial charge in [0.25, 0.3) is 0 Å². The van der Waals surface area contributed by atoms with E-state index >= 15 is 0 Å². The summed E-state index contributed by atoms with van der Waals surface area (Å²) >= 11 is 1.47. The molecule has 0 saturated heterocycles. The maximum atomic E-state index is 13.2. The molecule has 0 atom stereocenters. The minimum absolute atomic E-state index is 0.140. The van der Waals surface area contributed by atoms with Crippen LogP contribution in [0.5, 0.6) is 0 Å². The van der Waals surface area contributed by atoms with Crippen LogP contribution in [-0.2, 0) is 16.4 Å². The predicted octanol–water partition coefficient (Wildman–Crippen LogP) is 3.81. The number of sulfone groups is 1. The molecule has 0 fully saturated rings. The highest BCUT2D eigenvalue weighted by atomic mass is 32.2. The first kappa shape index (κ1) is 18.7. The lowest BCUT2D eigenvalue weighted by atomic mass is 10.2. The van der Waals surface area contributed by atoms with Gasteiger partial charge < -0.3 is 4.90 Å². The fourth-order valence-electron chi connectivity index (χ4n) is 3.40. The van der Waals surface area contributed by atoms with Crippen molar-refractivity contribution in [3.8, 4) is 0 Å². The van der Waals surface area contributed by atoms with Crippen LogP contribution in [0.2, 0.25) is 0 Å². The molecule has 0 radical (unpaired) electrons. The number of hydrogen-bond donors (Lipinski definition) is 0. The van der Waals surface area contributed by atoms with Crippen LogP contribution in [0, 0.1) is 0 Å². The van der Waals surface area contributed by atoms with Gasteiger partial charge in [-0.15, -0.1) is 16.4 Å². The number of aromatic nitrogens is 4. The van der Waals surface area contributed by atoms with Gasteiger partial charge in [-0.05, 0) is 29.1 Å². The summed E-state index contributed by atoms with van der Waals surface area (Å²) in [6, 6.07) is 20.3. The molecule has 7 nitrogen and oxygen atoms in total. The maximum Gasteiger partial charge on any atom is 0.229 e. The van der Waals surface area contributed by atoms with Gasteiger partial charge in [-0.1, -0.05) is 53.7 Å². The van der Waals surface area contributed by atoms with Crippen molar-refractivity contribution in [3.05, 3.63) is 77.7 Å². The van der Waals surface area contributed by atoms with Crippen molar-refractivity contribution in [1.29, 1.82) is 0 Å². The maximum absolute atomic E-state index is 13.2. The third-order valence-corrected chi connectivity index (χ3v) is 7.39. The van der Waals surface area contributed by atoms with Gasteiger partial charge in [0.15, 0.2) is 5.65 Å². The lowest BCUT2D eigenvalue weighted by Gasteiger charge is -2.19. The minimum atomic E-state index is -3.85. The van der Waals surface area contributed by atoms with Crippen LogP contribution in [0.25, 0.3) is 15.9 Å². The molecule has 0 aliphatic heterocycles. The van der Waals surface area contributed by atoms with Gasteiger partial charge in [-0.2, -0.15) is 4.52 Å². The molecule has 3 heterocycles. The van der Waals surface area contributed by atoms with E-state index in [1.807, 2.05) is 53.7 Å². The Balaban J connectivity index is 1.69. The zero-order valence-electron chi connectivity index (χ0n) is 16.0. The third kappa shape index (κ3) is 3.03. The molecule has 150 valence electrons. The van der Waals surface area contributed by atoms with E-state index in [-0.39, 0.29) is 15.6 Å². The summed E-state index contributed by atoms with van der Waals surface area (Å²) in [4.78, 5) is 7.69. The molecule has 3 aromatic heterocycles. The molecule has 0 aliphatic rings. The first-order valence-electron chi connectivity index (χ1n) is 9.23. The van der Waals surface area contributed by atoms with Crippen molar-refractivity contribution in [2.45, 2.75) is 16.5 Å². The van der Waals surface area contributed by atoms with Gasteiger partial charge in [0.1, 0.15) is 10.6 Å². The van der Waals surface area contributed by atoms with Crippen LogP contribution in [0.4, 0.5) is 5.82 Å². The van der Waals surface area contributed by atoms with Gasteiger partial charge in [0.2, 0.25) is 14.9 Å². The Morgan fingerprint density at radius 2 is 1.70 bits per heavy atom. The molecule has 2 aromatic carbocycles. The molecule has 0 spiro atoms. The quantitative estimate of drug-likeness (QED) is 0.418. The zero-order chi connectivity index (χ0) is 20.7. The molecule has 0 N–H and O–H groups in total. The molecule has 0 unspecified atom stereocenters. The van der Waals surface area contributed by atoms with Crippen molar-refractivity contribution in [2.75, 3.05) is 11.9 Å². The Morgan fingerprint density at radius 3 is 2.43 bits per heavy atom. The highest BCUT2D eigenvalue weighted by Gasteiger charge is 2.27. The summed E-state index contributed by atoms with van der Waals surface area (Å²) in [6.07, 6.45) is 0. The first-order valence-corrected chi connectivity index (χ1v) is 11.6. The number of hydrogen-bond acceptors (Lipinski definition) is 7. The van der Waals surface area contributed by atoms with Gasteiger partial charge in [-0.3, -0.25) is 0 Å². The summed E-state index contributed by atoms with van der Waals surface area (Å²) < 4.78 is 27.9. The van der Waals surface area contributed by atoms with E-state index in [0.29, 0.717) is 12.4 Å². The normalized spacial score (nSPS) is 11.9. The van der Waals surface area contributed by atoms with E-state index < -0.39 is 9.84 Å². The molecule has 0 aliphatic carbocycles. The molecule has 0 amide bonds. The van der Waals surface area contributed by atoms with Crippen LogP contribution < -0.4 is 4.90 Å². The van der Waals surface area contributed by atoms with Gasteiger partial charge in [0.05, 0.1) is 10.3 Å². The fraction of sp³-hybridized carbons (Fsp3) is 0.0952. The summed E-state index contributed by atoms with van der Waals surface area (Å²) in [6.45, 7) is 0.636. The standard InChI is InChI=1S/C21H17N5O2S2/c1-25(14-15-8-4-2-5-9-15)18-17-12-13-29-21(17)26-19(22-18)20(23-24-26)30(27,28)16-10-6-3-7-11-16/h2-13H,14H2,1H3. The van der Waals surface area contributed by atoms with E-state index in [1.165, 1.54) is 15.9 Å². The van der Waals surface area contributed by atoms with Crippen molar-refractivity contribution < 1.29 is 8.42 Å². The van der Waals surface area contributed by atoms with Crippen LogP contribution in [0.3, 0.4) is 0 Å². The second-order valence-electron chi connectivity index (χ2n) is 6.86. The van der Waals surface area contributed by atoms with Crippen molar-refractivity contribution in [3.63, 3.8) is 0 Å². The number of thiophene rings is 1. The second kappa shape index (κ2) is 7.19. The van der Waals surface area contributed by atoms with Crippen molar-refractivity contribution >= 4 is 42.9 Å². The summed E-state index contributed by atoms with van der Waals surface area (Å²) in [7, 11) is -1.90. The fourth-order valence-corrected chi connectivity index (χ4v) is 5.50. The van der Waals surface area contributed by atoms with Gasteiger partial charge in [-0.25, -0.2) is 13.4 Å². The van der Waals surface area contributed by atoms with E-state index in [9.17, 15) is 8.42 Å². The number of anilines is 1. The van der Waals surface area contributed by atoms with E-state index in [1.54, 1.807) is 30.3 Å². The highest BCUT2D eigenvalue weighted by molar-refractivity contribution is 7.91. The highest BCUT2D eigenvalue weighted by Crippen LogP contribution is 2.32. The summed E-state index contributed by atoms with van der Waals surface area (Å²) in [5.74, 6) is 0.689. The first-order chi connectivity index (χ1) is 14.6. The van der Waals surface area contributed by atoms with Gasteiger partial charge in [0, 0.05) is 13.6 Å². The van der Waals surface area contributed by atoms with Crippen LogP contribution in [0.15, 0.2) is 82.0 Å². The molecule has 5 rings (SSSR count). The molecule has 5 aromatic rings. The molecule has 9 heteroatoms. The van der Waals surface area contributed by atoms with Crippen LogP contribution >= 0.6 is 11.3 Å². The molecular formula is C21H17N5O2S2.